The van der Waals surface area contributed by atoms with Gasteiger partial charge in [0.25, 0.3) is 5.56 Å². The molecule has 1 N–H and O–H groups in total. The fourth-order valence-electron chi connectivity index (χ4n) is 1.70. The number of likely N-dealkylation sites (N-methyl/N-ethyl adjacent to an activating group) is 1. The maximum absolute atomic E-state index is 11.3. The van der Waals surface area contributed by atoms with Gasteiger partial charge in [-0.15, -0.1) is 0 Å². The highest BCUT2D eigenvalue weighted by molar-refractivity contribution is 5.03. The molecule has 0 saturated carbocycles. The highest BCUT2D eigenvalue weighted by Crippen LogP contribution is 2.16. The maximum atomic E-state index is 11.3. The number of aryl methyl sites for hydroxylation is 1. The summed E-state index contributed by atoms with van der Waals surface area (Å²) in [5, 5.41) is 0. The zero-order valence-corrected chi connectivity index (χ0v) is 8.99. The van der Waals surface area contributed by atoms with Crippen LogP contribution < -0.4 is 5.56 Å². The van der Waals surface area contributed by atoms with Crippen molar-refractivity contribution in [2.45, 2.75) is 13.0 Å². The van der Waals surface area contributed by atoms with E-state index in [0.29, 0.717) is 12.4 Å². The molecule has 5 nitrogen and oxygen atoms in total. The molecule has 2 rings (SSSR count). The van der Waals surface area contributed by atoms with Crippen molar-refractivity contribution in [3.8, 4) is 0 Å². The van der Waals surface area contributed by atoms with Gasteiger partial charge in [-0.3, -0.25) is 4.79 Å². The Balaban J connectivity index is 2.24. The molecule has 1 atom stereocenters. The van der Waals surface area contributed by atoms with Gasteiger partial charge in [0.05, 0.1) is 6.61 Å². The molecule has 0 aromatic carbocycles. The van der Waals surface area contributed by atoms with E-state index < -0.39 is 0 Å². The van der Waals surface area contributed by atoms with Gasteiger partial charge in [-0.25, -0.2) is 4.98 Å². The molecule has 1 aliphatic rings. The van der Waals surface area contributed by atoms with Crippen LogP contribution >= 0.6 is 0 Å². The standard InChI is InChI=1S/C10H15N3O2/c1-7-5-9(14)12-10(11-7)8-6-13(2)3-4-15-8/h5,8H,3-4,6H2,1-2H3,(H,11,12,14). The van der Waals surface area contributed by atoms with Crippen LogP contribution in [0.2, 0.25) is 0 Å². The summed E-state index contributed by atoms with van der Waals surface area (Å²) in [6, 6.07) is 1.48. The molecule has 1 aromatic rings. The molecular weight excluding hydrogens is 194 g/mol. The van der Waals surface area contributed by atoms with Crippen molar-refractivity contribution < 1.29 is 4.74 Å². The second-order valence-corrected chi connectivity index (χ2v) is 3.89. The number of nitrogens with zero attached hydrogens (tertiary/aromatic N) is 2. The molecule has 1 aliphatic heterocycles. The third kappa shape index (κ3) is 2.43. The first-order chi connectivity index (χ1) is 7.15. The van der Waals surface area contributed by atoms with Gasteiger partial charge in [-0.05, 0) is 14.0 Å². The molecule has 0 amide bonds. The third-order valence-corrected chi connectivity index (χ3v) is 2.46. The van der Waals surface area contributed by atoms with E-state index in [9.17, 15) is 4.79 Å². The minimum Gasteiger partial charge on any atom is -0.368 e. The van der Waals surface area contributed by atoms with Crippen molar-refractivity contribution in [3.63, 3.8) is 0 Å². The summed E-state index contributed by atoms with van der Waals surface area (Å²) >= 11 is 0. The predicted octanol–water partition coefficient (Wildman–Crippen LogP) is 0.0814. The molecule has 1 aromatic heterocycles. The Kier molecular flexibility index (Phi) is 2.83. The number of rotatable bonds is 1. The van der Waals surface area contributed by atoms with Crippen LogP contribution in [0.25, 0.3) is 0 Å². The lowest BCUT2D eigenvalue weighted by molar-refractivity contribution is -0.0256. The Labute approximate surface area is 88.1 Å². The summed E-state index contributed by atoms with van der Waals surface area (Å²) in [4.78, 5) is 20.4. The number of morpholine rings is 1. The van der Waals surface area contributed by atoms with Crippen molar-refractivity contribution in [2.24, 2.45) is 0 Å². The predicted molar refractivity (Wildman–Crippen MR) is 55.8 cm³/mol. The van der Waals surface area contributed by atoms with E-state index in [4.69, 9.17) is 4.74 Å². The van der Waals surface area contributed by atoms with E-state index in [1.165, 1.54) is 6.07 Å². The van der Waals surface area contributed by atoms with Gasteiger partial charge in [-0.2, -0.15) is 0 Å². The highest BCUT2D eigenvalue weighted by atomic mass is 16.5. The van der Waals surface area contributed by atoms with Crippen molar-refractivity contribution in [1.82, 2.24) is 14.9 Å². The van der Waals surface area contributed by atoms with Crippen molar-refractivity contribution in [1.29, 1.82) is 0 Å². The van der Waals surface area contributed by atoms with Gasteiger partial charge < -0.3 is 14.6 Å². The van der Waals surface area contributed by atoms with Crippen molar-refractivity contribution in [2.75, 3.05) is 26.7 Å². The van der Waals surface area contributed by atoms with Gasteiger partial charge in [0, 0.05) is 24.8 Å². The maximum Gasteiger partial charge on any atom is 0.251 e. The number of nitrogens with one attached hydrogen (secondary N) is 1. The molecule has 0 bridgehead atoms. The molecule has 1 saturated heterocycles. The quantitative estimate of drug-likeness (QED) is 0.711. The molecule has 0 radical (unpaired) electrons. The fraction of sp³-hybridized carbons (Fsp3) is 0.600. The zero-order chi connectivity index (χ0) is 10.8. The molecule has 5 heteroatoms. The molecule has 1 fully saturated rings. The summed E-state index contributed by atoms with van der Waals surface area (Å²) in [6.45, 7) is 4.18. The lowest BCUT2D eigenvalue weighted by Gasteiger charge is -2.29. The number of hydrogen-bond acceptors (Lipinski definition) is 4. The van der Waals surface area contributed by atoms with Crippen LogP contribution in [0.5, 0.6) is 0 Å². The number of aromatic nitrogens is 2. The summed E-state index contributed by atoms with van der Waals surface area (Å²) in [5.41, 5.74) is 0.611. The van der Waals surface area contributed by atoms with Crippen LogP contribution in [-0.2, 0) is 4.74 Å². The molecule has 15 heavy (non-hydrogen) atoms. The number of ether oxygens (including phenoxy) is 1. The average molecular weight is 209 g/mol. The first kappa shape index (κ1) is 10.3. The molecule has 82 valence electrons. The van der Waals surface area contributed by atoms with Gasteiger partial charge in [0.15, 0.2) is 0 Å². The summed E-state index contributed by atoms with van der Waals surface area (Å²) in [5.74, 6) is 0.631. The highest BCUT2D eigenvalue weighted by Gasteiger charge is 2.21. The van der Waals surface area contributed by atoms with E-state index in [1.54, 1.807) is 0 Å². The Bertz CT molecular complexity index is 402. The van der Waals surface area contributed by atoms with Crippen LogP contribution in [0, 0.1) is 6.92 Å². The molecule has 0 aliphatic carbocycles. The van der Waals surface area contributed by atoms with Crippen LogP contribution in [0.1, 0.15) is 17.6 Å². The van der Waals surface area contributed by atoms with Crippen LogP contribution in [0.4, 0.5) is 0 Å². The Morgan fingerprint density at radius 2 is 2.47 bits per heavy atom. The minimum absolute atomic E-state index is 0.114. The Morgan fingerprint density at radius 3 is 3.13 bits per heavy atom. The van der Waals surface area contributed by atoms with Crippen LogP contribution in [0.15, 0.2) is 10.9 Å². The van der Waals surface area contributed by atoms with Gasteiger partial charge >= 0.3 is 0 Å². The van der Waals surface area contributed by atoms with Crippen molar-refractivity contribution in [3.05, 3.63) is 27.9 Å². The summed E-state index contributed by atoms with van der Waals surface area (Å²) in [7, 11) is 2.03. The largest absolute Gasteiger partial charge is 0.368 e. The Morgan fingerprint density at radius 1 is 1.67 bits per heavy atom. The summed E-state index contributed by atoms with van der Waals surface area (Å²) in [6.07, 6.45) is -0.114. The van der Waals surface area contributed by atoms with E-state index in [1.807, 2.05) is 14.0 Å². The molecule has 0 spiro atoms. The normalized spacial score (nSPS) is 22.9. The first-order valence-electron chi connectivity index (χ1n) is 5.03. The topological polar surface area (TPSA) is 58.2 Å². The molecule has 1 unspecified atom stereocenters. The second kappa shape index (κ2) is 4.12. The minimum atomic E-state index is -0.116. The Hall–Kier alpha value is -1.20. The van der Waals surface area contributed by atoms with Crippen molar-refractivity contribution >= 4 is 0 Å². The van der Waals surface area contributed by atoms with Gasteiger partial charge in [0.1, 0.15) is 11.9 Å². The van der Waals surface area contributed by atoms with Crippen LogP contribution in [-0.4, -0.2) is 41.6 Å². The first-order valence-corrected chi connectivity index (χ1v) is 5.03. The molecule has 2 heterocycles. The third-order valence-electron chi connectivity index (χ3n) is 2.46. The lowest BCUT2D eigenvalue weighted by atomic mass is 10.2. The van der Waals surface area contributed by atoms with E-state index >= 15 is 0 Å². The van der Waals surface area contributed by atoms with Gasteiger partial charge in [0.2, 0.25) is 0 Å². The fourth-order valence-corrected chi connectivity index (χ4v) is 1.70. The van der Waals surface area contributed by atoms with Crippen LogP contribution in [0.3, 0.4) is 0 Å². The van der Waals surface area contributed by atoms with E-state index in [2.05, 4.69) is 14.9 Å². The number of aromatic amines is 1. The van der Waals surface area contributed by atoms with Gasteiger partial charge in [-0.1, -0.05) is 0 Å². The van der Waals surface area contributed by atoms with E-state index in [0.717, 1.165) is 18.8 Å². The number of H-pyrrole nitrogens is 1. The monoisotopic (exact) mass is 209 g/mol. The summed E-state index contributed by atoms with van der Waals surface area (Å²) < 4.78 is 5.57. The zero-order valence-electron chi connectivity index (χ0n) is 8.99. The lowest BCUT2D eigenvalue weighted by Crippen LogP contribution is -2.36. The second-order valence-electron chi connectivity index (χ2n) is 3.89. The SMILES string of the molecule is Cc1cc(=O)[nH]c(C2CN(C)CCO2)n1. The average Bonchev–Trinajstić information content (AvgIpc) is 2.16. The van der Waals surface area contributed by atoms with E-state index in [-0.39, 0.29) is 11.7 Å². The smallest absolute Gasteiger partial charge is 0.251 e. The number of hydrogen-bond donors (Lipinski definition) is 1. The molecular formula is C10H15N3O2.